The molecule has 2 nitrogen and oxygen atoms in total. The first kappa shape index (κ1) is 14.3. The molecule has 1 aromatic heterocycles. The third-order valence-corrected chi connectivity index (χ3v) is 4.23. The van der Waals surface area contributed by atoms with Crippen molar-refractivity contribution in [1.29, 1.82) is 0 Å². The van der Waals surface area contributed by atoms with Gasteiger partial charge in [0.15, 0.2) is 0 Å². The molecule has 2 aromatic rings. The van der Waals surface area contributed by atoms with Crippen LogP contribution in [-0.4, -0.2) is 9.78 Å². The van der Waals surface area contributed by atoms with Crippen LogP contribution < -0.4 is 0 Å². The van der Waals surface area contributed by atoms with Gasteiger partial charge in [0.1, 0.15) is 0 Å². The predicted molar refractivity (Wildman–Crippen MR) is 83.7 cm³/mol. The molecule has 3 heteroatoms. The van der Waals surface area contributed by atoms with Gasteiger partial charge in [-0.3, -0.25) is 4.68 Å². The van der Waals surface area contributed by atoms with E-state index >= 15 is 0 Å². The summed E-state index contributed by atoms with van der Waals surface area (Å²) in [6.45, 7) is 4.31. The van der Waals surface area contributed by atoms with Crippen molar-refractivity contribution < 1.29 is 0 Å². The van der Waals surface area contributed by atoms with Gasteiger partial charge in [0.25, 0.3) is 0 Å². The molecule has 2 rings (SSSR count). The number of aryl methyl sites for hydroxylation is 1. The number of aromatic nitrogens is 2. The highest BCUT2D eigenvalue weighted by atomic mass is 79.9. The molecule has 0 N–H and O–H groups in total. The van der Waals surface area contributed by atoms with Crippen LogP contribution in [0, 0.1) is 0 Å². The van der Waals surface area contributed by atoms with E-state index in [-0.39, 0.29) is 0 Å². The molecule has 19 heavy (non-hydrogen) atoms. The van der Waals surface area contributed by atoms with Gasteiger partial charge in [-0.05, 0) is 44.7 Å². The first-order valence-electron chi connectivity index (χ1n) is 6.90. The highest BCUT2D eigenvalue weighted by Crippen LogP contribution is 2.27. The summed E-state index contributed by atoms with van der Waals surface area (Å²) >= 11 is 3.76. The Kier molecular flexibility index (Phi) is 5.20. The molecular weight excluding hydrogens is 300 g/mol. The van der Waals surface area contributed by atoms with E-state index < -0.39 is 0 Å². The standard InChI is InChI=1S/C16H21BrN2/c1-13(2)19-12-11-15(18-19)9-6-10-16(17)14-7-4-3-5-8-14/h3-5,7-8,11-13,16H,6,9-10H2,1-2H3. The monoisotopic (exact) mass is 320 g/mol. The number of alkyl halides is 1. The zero-order valence-electron chi connectivity index (χ0n) is 11.6. The second kappa shape index (κ2) is 6.90. The molecule has 0 bridgehead atoms. The Morgan fingerprint density at radius 3 is 2.53 bits per heavy atom. The van der Waals surface area contributed by atoms with E-state index in [9.17, 15) is 0 Å². The summed E-state index contributed by atoms with van der Waals surface area (Å²) in [7, 11) is 0. The molecule has 0 saturated carbocycles. The van der Waals surface area contributed by atoms with E-state index in [1.807, 2.05) is 4.68 Å². The Balaban J connectivity index is 1.80. The minimum absolute atomic E-state index is 0.445. The average Bonchev–Trinajstić information content (AvgIpc) is 2.89. The lowest BCUT2D eigenvalue weighted by Gasteiger charge is -2.09. The minimum atomic E-state index is 0.445. The van der Waals surface area contributed by atoms with Crippen molar-refractivity contribution in [2.45, 2.75) is 44.0 Å². The number of hydrogen-bond donors (Lipinski definition) is 0. The van der Waals surface area contributed by atoms with Crippen LogP contribution in [0.5, 0.6) is 0 Å². The molecule has 0 radical (unpaired) electrons. The molecule has 0 saturated heterocycles. The third-order valence-electron chi connectivity index (χ3n) is 3.24. The number of benzene rings is 1. The van der Waals surface area contributed by atoms with Crippen molar-refractivity contribution in [2.75, 3.05) is 0 Å². The van der Waals surface area contributed by atoms with Crippen molar-refractivity contribution in [1.82, 2.24) is 9.78 Å². The maximum Gasteiger partial charge on any atom is 0.0624 e. The van der Waals surface area contributed by atoms with Crippen LogP contribution in [0.1, 0.15) is 48.8 Å². The quantitative estimate of drug-likeness (QED) is 0.690. The fourth-order valence-electron chi connectivity index (χ4n) is 2.09. The van der Waals surface area contributed by atoms with Crippen LogP contribution in [0.3, 0.4) is 0 Å². The lowest BCUT2D eigenvalue weighted by Crippen LogP contribution is -2.02. The summed E-state index contributed by atoms with van der Waals surface area (Å²) in [6, 6.07) is 13.2. The van der Waals surface area contributed by atoms with Crippen LogP contribution in [0.4, 0.5) is 0 Å². The van der Waals surface area contributed by atoms with Crippen molar-refractivity contribution in [2.24, 2.45) is 0 Å². The molecule has 0 aliphatic carbocycles. The van der Waals surface area contributed by atoms with Crippen molar-refractivity contribution in [3.8, 4) is 0 Å². The van der Waals surface area contributed by atoms with Crippen molar-refractivity contribution >= 4 is 15.9 Å². The van der Waals surface area contributed by atoms with Gasteiger partial charge < -0.3 is 0 Å². The van der Waals surface area contributed by atoms with Crippen molar-refractivity contribution in [3.63, 3.8) is 0 Å². The number of nitrogens with zero attached hydrogens (tertiary/aromatic N) is 2. The Bertz CT molecular complexity index is 490. The van der Waals surface area contributed by atoms with Gasteiger partial charge in [0.2, 0.25) is 0 Å². The van der Waals surface area contributed by atoms with Crippen LogP contribution in [0.15, 0.2) is 42.6 Å². The molecule has 0 fully saturated rings. The highest BCUT2D eigenvalue weighted by Gasteiger charge is 2.07. The normalized spacial score (nSPS) is 12.8. The summed E-state index contributed by atoms with van der Waals surface area (Å²) in [6.07, 6.45) is 5.41. The molecule has 0 amide bonds. The Morgan fingerprint density at radius 2 is 1.89 bits per heavy atom. The molecular formula is C16H21BrN2. The Hall–Kier alpha value is -1.09. The first-order valence-corrected chi connectivity index (χ1v) is 7.81. The van der Waals surface area contributed by atoms with Crippen LogP contribution in [0.2, 0.25) is 0 Å². The van der Waals surface area contributed by atoms with E-state index in [4.69, 9.17) is 0 Å². The lowest BCUT2D eigenvalue weighted by molar-refractivity contribution is 0.524. The number of halogens is 1. The Morgan fingerprint density at radius 1 is 1.16 bits per heavy atom. The molecule has 1 atom stereocenters. The van der Waals surface area contributed by atoms with Gasteiger partial charge in [-0.15, -0.1) is 0 Å². The summed E-state index contributed by atoms with van der Waals surface area (Å²) in [4.78, 5) is 0.445. The minimum Gasteiger partial charge on any atom is -0.270 e. The maximum absolute atomic E-state index is 4.58. The zero-order valence-corrected chi connectivity index (χ0v) is 13.2. The maximum atomic E-state index is 4.58. The van der Waals surface area contributed by atoms with E-state index in [1.54, 1.807) is 0 Å². The number of rotatable bonds is 6. The van der Waals surface area contributed by atoms with Gasteiger partial charge in [-0.1, -0.05) is 46.3 Å². The summed E-state index contributed by atoms with van der Waals surface area (Å²) < 4.78 is 2.03. The molecule has 0 aliphatic heterocycles. The highest BCUT2D eigenvalue weighted by molar-refractivity contribution is 9.09. The molecule has 1 unspecified atom stereocenters. The van der Waals surface area contributed by atoms with E-state index in [1.165, 1.54) is 11.3 Å². The van der Waals surface area contributed by atoms with Gasteiger partial charge in [0.05, 0.1) is 5.69 Å². The molecule has 102 valence electrons. The van der Waals surface area contributed by atoms with Gasteiger partial charge in [-0.2, -0.15) is 5.10 Å². The smallest absolute Gasteiger partial charge is 0.0624 e. The molecule has 0 aliphatic rings. The van der Waals surface area contributed by atoms with E-state index in [2.05, 4.69) is 77.5 Å². The topological polar surface area (TPSA) is 17.8 Å². The van der Waals surface area contributed by atoms with Crippen LogP contribution in [-0.2, 0) is 6.42 Å². The Labute approximate surface area is 124 Å². The van der Waals surface area contributed by atoms with Gasteiger partial charge in [0, 0.05) is 17.1 Å². The third kappa shape index (κ3) is 4.20. The first-order chi connectivity index (χ1) is 9.16. The van der Waals surface area contributed by atoms with Gasteiger partial charge in [-0.25, -0.2) is 0 Å². The SMILES string of the molecule is CC(C)n1ccc(CCCC(Br)c2ccccc2)n1. The second-order valence-corrected chi connectivity index (χ2v) is 6.26. The predicted octanol–water partition coefficient (Wildman–Crippen LogP) is 4.92. The summed E-state index contributed by atoms with van der Waals surface area (Å²) in [5, 5.41) is 4.58. The van der Waals surface area contributed by atoms with E-state index in [0.717, 1.165) is 19.3 Å². The zero-order chi connectivity index (χ0) is 13.7. The molecule has 0 spiro atoms. The average molecular weight is 321 g/mol. The summed E-state index contributed by atoms with van der Waals surface area (Å²) in [5.41, 5.74) is 2.55. The van der Waals surface area contributed by atoms with Gasteiger partial charge >= 0.3 is 0 Å². The number of hydrogen-bond acceptors (Lipinski definition) is 1. The molecule has 1 aromatic carbocycles. The fourth-order valence-corrected chi connectivity index (χ4v) is 2.72. The van der Waals surface area contributed by atoms with Crippen molar-refractivity contribution in [3.05, 3.63) is 53.9 Å². The summed E-state index contributed by atoms with van der Waals surface area (Å²) in [5.74, 6) is 0. The van der Waals surface area contributed by atoms with Crippen LogP contribution >= 0.6 is 15.9 Å². The second-order valence-electron chi connectivity index (χ2n) is 5.15. The molecule has 1 heterocycles. The largest absolute Gasteiger partial charge is 0.270 e. The van der Waals surface area contributed by atoms with E-state index in [0.29, 0.717) is 10.9 Å². The lowest BCUT2D eigenvalue weighted by atomic mass is 10.1. The van der Waals surface area contributed by atoms with Crippen LogP contribution in [0.25, 0.3) is 0 Å². The fraction of sp³-hybridized carbons (Fsp3) is 0.438.